The third kappa shape index (κ3) is 3.22. The monoisotopic (exact) mass is 340 g/mol. The minimum atomic E-state index is -0.351. The third-order valence-electron chi connectivity index (χ3n) is 4.64. The summed E-state index contributed by atoms with van der Waals surface area (Å²) in [5, 5.41) is 7.17. The van der Waals surface area contributed by atoms with E-state index in [2.05, 4.69) is 10.4 Å². The van der Waals surface area contributed by atoms with E-state index in [0.717, 1.165) is 11.3 Å². The molecule has 1 aliphatic heterocycles. The quantitative estimate of drug-likeness (QED) is 0.908. The summed E-state index contributed by atoms with van der Waals surface area (Å²) in [6.45, 7) is 2.96. The summed E-state index contributed by atoms with van der Waals surface area (Å²) >= 11 is 0. The van der Waals surface area contributed by atoms with Gasteiger partial charge in [-0.1, -0.05) is 6.07 Å². The van der Waals surface area contributed by atoms with Gasteiger partial charge < -0.3 is 10.1 Å². The molecule has 1 aromatic heterocycles. The fourth-order valence-corrected chi connectivity index (χ4v) is 3.09. The van der Waals surface area contributed by atoms with E-state index in [1.807, 2.05) is 37.5 Å². The van der Waals surface area contributed by atoms with Crippen molar-refractivity contribution in [1.82, 2.24) is 9.78 Å². The zero-order chi connectivity index (χ0) is 17.4. The van der Waals surface area contributed by atoms with E-state index < -0.39 is 0 Å². The standard InChI is InChI=1S/C18H20N4O3/c1-12-15(3-2-4-16(12)22-7-8-25-18(22)24)20-17(23)11-21-10-14(9-19-21)13-5-6-13/h2-4,9-10,13H,5-8,11H2,1H3,(H,20,23). The summed E-state index contributed by atoms with van der Waals surface area (Å²) in [4.78, 5) is 25.7. The first-order valence-corrected chi connectivity index (χ1v) is 8.48. The Morgan fingerprint density at radius 3 is 2.96 bits per heavy atom. The lowest BCUT2D eigenvalue weighted by molar-refractivity contribution is -0.116. The maximum atomic E-state index is 12.3. The van der Waals surface area contributed by atoms with Crippen molar-refractivity contribution in [2.24, 2.45) is 0 Å². The average molecular weight is 340 g/mol. The number of hydrogen-bond donors (Lipinski definition) is 1. The van der Waals surface area contributed by atoms with Crippen molar-refractivity contribution in [3.05, 3.63) is 41.7 Å². The van der Waals surface area contributed by atoms with E-state index in [1.165, 1.54) is 18.4 Å². The largest absolute Gasteiger partial charge is 0.447 e. The summed E-state index contributed by atoms with van der Waals surface area (Å²) in [7, 11) is 0. The van der Waals surface area contributed by atoms with Gasteiger partial charge in [0, 0.05) is 11.9 Å². The number of benzene rings is 1. The van der Waals surface area contributed by atoms with Gasteiger partial charge in [0.05, 0.1) is 18.4 Å². The summed E-state index contributed by atoms with van der Waals surface area (Å²) < 4.78 is 6.66. The van der Waals surface area contributed by atoms with Crippen LogP contribution in [0.15, 0.2) is 30.6 Å². The van der Waals surface area contributed by atoms with Crippen LogP contribution in [0.1, 0.15) is 29.9 Å². The average Bonchev–Trinajstić information content (AvgIpc) is 3.19. The van der Waals surface area contributed by atoms with Gasteiger partial charge in [0.25, 0.3) is 0 Å². The molecule has 0 atom stereocenters. The van der Waals surface area contributed by atoms with Gasteiger partial charge in [0.2, 0.25) is 5.91 Å². The molecule has 0 unspecified atom stereocenters. The molecule has 1 aliphatic carbocycles. The second-order valence-corrected chi connectivity index (χ2v) is 6.51. The van der Waals surface area contributed by atoms with E-state index >= 15 is 0 Å². The van der Waals surface area contributed by atoms with Gasteiger partial charge in [-0.15, -0.1) is 0 Å². The van der Waals surface area contributed by atoms with E-state index in [-0.39, 0.29) is 18.5 Å². The normalized spacial score (nSPS) is 16.8. The number of hydrogen-bond acceptors (Lipinski definition) is 4. The lowest BCUT2D eigenvalue weighted by atomic mass is 10.1. The van der Waals surface area contributed by atoms with Crippen molar-refractivity contribution in [2.75, 3.05) is 23.4 Å². The lowest BCUT2D eigenvalue weighted by Gasteiger charge is -2.18. The van der Waals surface area contributed by atoms with Crippen molar-refractivity contribution in [3.8, 4) is 0 Å². The van der Waals surface area contributed by atoms with Crippen LogP contribution in [-0.2, 0) is 16.1 Å². The molecule has 0 spiro atoms. The van der Waals surface area contributed by atoms with Crippen LogP contribution in [0.5, 0.6) is 0 Å². The molecule has 2 fully saturated rings. The number of amides is 2. The first-order chi connectivity index (χ1) is 12.1. The van der Waals surface area contributed by atoms with Crippen LogP contribution >= 0.6 is 0 Å². The molecule has 1 saturated carbocycles. The van der Waals surface area contributed by atoms with Crippen LogP contribution < -0.4 is 10.2 Å². The van der Waals surface area contributed by atoms with Gasteiger partial charge in [-0.3, -0.25) is 14.4 Å². The number of nitrogens with one attached hydrogen (secondary N) is 1. The van der Waals surface area contributed by atoms with Gasteiger partial charge in [0.15, 0.2) is 0 Å². The van der Waals surface area contributed by atoms with Crippen molar-refractivity contribution >= 4 is 23.4 Å². The lowest BCUT2D eigenvalue weighted by Crippen LogP contribution is -2.25. The highest BCUT2D eigenvalue weighted by Gasteiger charge is 2.26. The first-order valence-electron chi connectivity index (χ1n) is 8.48. The summed E-state index contributed by atoms with van der Waals surface area (Å²) in [5.41, 5.74) is 3.50. The Bertz CT molecular complexity index is 825. The highest BCUT2D eigenvalue weighted by molar-refractivity contribution is 5.95. The molecule has 0 bridgehead atoms. The van der Waals surface area contributed by atoms with E-state index in [1.54, 1.807) is 9.58 Å². The van der Waals surface area contributed by atoms with Crippen molar-refractivity contribution in [3.63, 3.8) is 0 Å². The van der Waals surface area contributed by atoms with Gasteiger partial charge in [0.1, 0.15) is 13.2 Å². The molecule has 2 aliphatic rings. The number of cyclic esters (lactones) is 1. The number of nitrogens with zero attached hydrogens (tertiary/aromatic N) is 3. The fourth-order valence-electron chi connectivity index (χ4n) is 3.09. The molecule has 0 radical (unpaired) electrons. The molecule has 7 nitrogen and oxygen atoms in total. The molecule has 2 amide bonds. The third-order valence-corrected chi connectivity index (χ3v) is 4.64. The van der Waals surface area contributed by atoms with E-state index in [9.17, 15) is 9.59 Å². The Labute approximate surface area is 145 Å². The molecule has 130 valence electrons. The predicted octanol–water partition coefficient (Wildman–Crippen LogP) is 2.66. The predicted molar refractivity (Wildman–Crippen MR) is 92.7 cm³/mol. The highest BCUT2D eigenvalue weighted by Crippen LogP contribution is 2.39. The molecule has 2 aromatic rings. The highest BCUT2D eigenvalue weighted by atomic mass is 16.6. The number of anilines is 2. The molecule has 1 saturated heterocycles. The molecule has 7 heteroatoms. The molecule has 25 heavy (non-hydrogen) atoms. The van der Waals surface area contributed by atoms with Crippen LogP contribution in [0.2, 0.25) is 0 Å². The molecular weight excluding hydrogens is 320 g/mol. The second kappa shape index (κ2) is 6.23. The van der Waals surface area contributed by atoms with E-state index in [0.29, 0.717) is 24.8 Å². The van der Waals surface area contributed by atoms with Crippen LogP contribution in [0, 0.1) is 6.92 Å². The molecule has 1 aromatic carbocycles. The van der Waals surface area contributed by atoms with Crippen LogP contribution in [0.4, 0.5) is 16.2 Å². The van der Waals surface area contributed by atoms with E-state index in [4.69, 9.17) is 4.74 Å². The minimum Gasteiger partial charge on any atom is -0.447 e. The number of ether oxygens (including phenoxy) is 1. The smallest absolute Gasteiger partial charge is 0.414 e. The molecule has 1 N–H and O–H groups in total. The van der Waals surface area contributed by atoms with Crippen LogP contribution in [0.25, 0.3) is 0 Å². The Morgan fingerprint density at radius 2 is 2.24 bits per heavy atom. The number of rotatable bonds is 5. The van der Waals surface area contributed by atoms with Crippen LogP contribution in [-0.4, -0.2) is 34.9 Å². The topological polar surface area (TPSA) is 76.5 Å². The Kier molecular flexibility index (Phi) is 3.91. The number of aromatic nitrogens is 2. The molecule has 4 rings (SSSR count). The van der Waals surface area contributed by atoms with Crippen LogP contribution in [0.3, 0.4) is 0 Å². The van der Waals surface area contributed by atoms with Gasteiger partial charge in [-0.2, -0.15) is 5.10 Å². The summed E-state index contributed by atoms with van der Waals surface area (Å²) in [6.07, 6.45) is 5.86. The van der Waals surface area contributed by atoms with Gasteiger partial charge in [-0.25, -0.2) is 4.79 Å². The number of carbonyl (C=O) groups excluding carboxylic acids is 2. The molecular formula is C18H20N4O3. The zero-order valence-electron chi connectivity index (χ0n) is 14.1. The first kappa shape index (κ1) is 15.7. The van der Waals surface area contributed by atoms with Gasteiger partial charge in [-0.05, 0) is 48.9 Å². The SMILES string of the molecule is Cc1c(NC(=O)Cn2cc(C3CC3)cn2)cccc1N1CCOC1=O. The minimum absolute atomic E-state index is 0.144. The van der Waals surface area contributed by atoms with Crippen molar-refractivity contribution in [2.45, 2.75) is 32.2 Å². The maximum absolute atomic E-state index is 12.3. The number of carbonyl (C=O) groups is 2. The fraction of sp³-hybridized carbons (Fsp3) is 0.389. The second-order valence-electron chi connectivity index (χ2n) is 6.51. The summed E-state index contributed by atoms with van der Waals surface area (Å²) in [6, 6.07) is 5.51. The Hall–Kier alpha value is -2.83. The van der Waals surface area contributed by atoms with Gasteiger partial charge >= 0.3 is 6.09 Å². The maximum Gasteiger partial charge on any atom is 0.414 e. The van der Waals surface area contributed by atoms with Crippen molar-refractivity contribution < 1.29 is 14.3 Å². The Balaban J connectivity index is 1.46. The summed E-state index contributed by atoms with van der Waals surface area (Å²) in [5.74, 6) is 0.477. The molecule has 2 heterocycles. The van der Waals surface area contributed by atoms with Crippen molar-refractivity contribution in [1.29, 1.82) is 0 Å². The Morgan fingerprint density at radius 1 is 1.40 bits per heavy atom. The zero-order valence-corrected chi connectivity index (χ0v) is 14.1.